The predicted octanol–water partition coefficient (Wildman–Crippen LogP) is 5.13. The first-order valence-electron chi connectivity index (χ1n) is 9.93. The topological polar surface area (TPSA) is 0 Å². The third-order valence-corrected chi connectivity index (χ3v) is 9.30. The van der Waals surface area contributed by atoms with E-state index in [0.717, 1.165) is 0 Å². The molecular formula is C20H30. The molecule has 20 heavy (non-hydrogen) atoms. The van der Waals surface area contributed by atoms with Crippen molar-refractivity contribution in [1.82, 2.24) is 0 Å². The van der Waals surface area contributed by atoms with E-state index in [1.54, 1.807) is 64.2 Å². The highest BCUT2D eigenvalue weighted by Crippen LogP contribution is 2.74. The third kappa shape index (κ3) is 1.27. The van der Waals surface area contributed by atoms with E-state index in [1.807, 2.05) is 0 Å². The van der Waals surface area contributed by atoms with Crippen LogP contribution in [-0.2, 0) is 0 Å². The second-order valence-electron chi connectivity index (χ2n) is 9.49. The Morgan fingerprint density at radius 2 is 0.850 bits per heavy atom. The molecule has 0 aromatic heterocycles. The van der Waals surface area contributed by atoms with E-state index >= 15 is 0 Å². The summed E-state index contributed by atoms with van der Waals surface area (Å²) in [5, 5.41) is 0. The van der Waals surface area contributed by atoms with E-state index in [-0.39, 0.29) is 0 Å². The summed E-state index contributed by atoms with van der Waals surface area (Å²) < 4.78 is 0. The fourth-order valence-electron chi connectivity index (χ4n) is 8.73. The zero-order valence-corrected chi connectivity index (χ0v) is 12.8. The summed E-state index contributed by atoms with van der Waals surface area (Å²) in [6.45, 7) is 0. The van der Waals surface area contributed by atoms with Crippen LogP contribution < -0.4 is 0 Å². The molecule has 10 unspecified atom stereocenters. The van der Waals surface area contributed by atoms with Crippen LogP contribution in [0.3, 0.4) is 0 Å². The summed E-state index contributed by atoms with van der Waals surface area (Å²) >= 11 is 0. The summed E-state index contributed by atoms with van der Waals surface area (Å²) in [5.41, 5.74) is 0. The van der Waals surface area contributed by atoms with Crippen LogP contribution in [-0.4, -0.2) is 0 Å². The van der Waals surface area contributed by atoms with Gasteiger partial charge in [0.2, 0.25) is 0 Å². The van der Waals surface area contributed by atoms with Gasteiger partial charge in [-0.15, -0.1) is 0 Å². The molecule has 0 saturated heterocycles. The molecule has 6 saturated carbocycles. The molecule has 0 heterocycles. The van der Waals surface area contributed by atoms with Crippen molar-refractivity contribution in [2.24, 2.45) is 59.2 Å². The molecule has 6 aliphatic rings. The molecule has 0 radical (unpaired) electrons. The quantitative estimate of drug-likeness (QED) is 0.619. The van der Waals surface area contributed by atoms with Crippen LogP contribution in [0.5, 0.6) is 0 Å². The standard InChI is InChI=1S/C20H30/c1-2-5-14-11(4-1)12-6-3-7-15(12)19(14)20-16-9-8-13(16)17-10-18(17)20/h11-20H,1-10H2. The Morgan fingerprint density at radius 1 is 0.350 bits per heavy atom. The first-order valence-corrected chi connectivity index (χ1v) is 9.93. The van der Waals surface area contributed by atoms with Gasteiger partial charge in [0.25, 0.3) is 0 Å². The SMILES string of the molecule is C1CCC2C(C1)C1CCCC1C2C1C2CCC2C2CC21. The van der Waals surface area contributed by atoms with Crippen LogP contribution in [0.1, 0.15) is 64.2 Å². The molecule has 0 aliphatic heterocycles. The summed E-state index contributed by atoms with van der Waals surface area (Å²) in [7, 11) is 0. The van der Waals surface area contributed by atoms with Crippen molar-refractivity contribution >= 4 is 0 Å². The smallest absolute Gasteiger partial charge is 0.0318 e. The van der Waals surface area contributed by atoms with Crippen molar-refractivity contribution in [2.45, 2.75) is 64.2 Å². The molecule has 6 fully saturated rings. The number of fused-ring (bicyclic) bond motifs is 6. The van der Waals surface area contributed by atoms with Crippen molar-refractivity contribution in [2.75, 3.05) is 0 Å². The lowest BCUT2D eigenvalue weighted by molar-refractivity contribution is 0.0485. The number of rotatable bonds is 1. The lowest BCUT2D eigenvalue weighted by atomic mass is 9.61. The van der Waals surface area contributed by atoms with E-state index in [2.05, 4.69) is 0 Å². The summed E-state index contributed by atoms with van der Waals surface area (Å²) in [6, 6.07) is 0. The second-order valence-corrected chi connectivity index (χ2v) is 9.49. The van der Waals surface area contributed by atoms with Gasteiger partial charge in [0, 0.05) is 0 Å². The van der Waals surface area contributed by atoms with Crippen LogP contribution in [0.25, 0.3) is 0 Å². The maximum absolute atomic E-state index is 1.66. The van der Waals surface area contributed by atoms with Gasteiger partial charge in [-0.3, -0.25) is 0 Å². The van der Waals surface area contributed by atoms with Gasteiger partial charge in [0.15, 0.2) is 0 Å². The highest BCUT2D eigenvalue weighted by molar-refractivity contribution is 5.16. The first kappa shape index (κ1) is 11.6. The average Bonchev–Trinajstić information content (AvgIpc) is 2.84. The molecule has 0 heteroatoms. The van der Waals surface area contributed by atoms with Crippen molar-refractivity contribution in [1.29, 1.82) is 0 Å². The highest BCUT2D eigenvalue weighted by atomic mass is 14.7. The summed E-state index contributed by atoms with van der Waals surface area (Å²) in [5.74, 6) is 12.2. The Bertz CT molecular complexity index is 426. The molecule has 0 amide bonds. The monoisotopic (exact) mass is 270 g/mol. The minimum Gasteiger partial charge on any atom is -0.0530 e. The van der Waals surface area contributed by atoms with Crippen LogP contribution in [0.2, 0.25) is 0 Å². The Kier molecular flexibility index (Phi) is 2.22. The largest absolute Gasteiger partial charge is 0.0530 e. The maximum atomic E-state index is 1.66. The molecule has 0 aromatic rings. The van der Waals surface area contributed by atoms with Gasteiger partial charge in [-0.05, 0) is 104 Å². The van der Waals surface area contributed by atoms with Crippen molar-refractivity contribution in [3.8, 4) is 0 Å². The fraction of sp³-hybridized carbons (Fsp3) is 1.00. The van der Waals surface area contributed by atoms with Gasteiger partial charge in [0.1, 0.15) is 0 Å². The van der Waals surface area contributed by atoms with Gasteiger partial charge < -0.3 is 0 Å². The van der Waals surface area contributed by atoms with Crippen molar-refractivity contribution in [3.05, 3.63) is 0 Å². The fourth-order valence-corrected chi connectivity index (χ4v) is 8.73. The maximum Gasteiger partial charge on any atom is -0.0318 e. The molecule has 10 atom stereocenters. The highest BCUT2D eigenvalue weighted by Gasteiger charge is 2.67. The first-order chi connectivity index (χ1) is 9.93. The zero-order chi connectivity index (χ0) is 12.8. The van der Waals surface area contributed by atoms with E-state index < -0.39 is 0 Å². The van der Waals surface area contributed by atoms with Gasteiger partial charge in [-0.1, -0.05) is 19.3 Å². The molecular weight excluding hydrogens is 240 g/mol. The van der Waals surface area contributed by atoms with Crippen LogP contribution in [0.15, 0.2) is 0 Å². The molecule has 0 bridgehead atoms. The number of hydrogen-bond acceptors (Lipinski definition) is 0. The summed E-state index contributed by atoms with van der Waals surface area (Å²) in [6.07, 6.45) is 16.2. The van der Waals surface area contributed by atoms with Gasteiger partial charge in [0.05, 0.1) is 0 Å². The van der Waals surface area contributed by atoms with Crippen LogP contribution >= 0.6 is 0 Å². The molecule has 6 rings (SSSR count). The van der Waals surface area contributed by atoms with Crippen LogP contribution in [0.4, 0.5) is 0 Å². The molecule has 110 valence electrons. The Hall–Kier alpha value is 0. The molecule has 0 aromatic carbocycles. The Labute approximate surface area is 124 Å². The van der Waals surface area contributed by atoms with Crippen LogP contribution in [0, 0.1) is 59.2 Å². The predicted molar refractivity (Wildman–Crippen MR) is 81.1 cm³/mol. The van der Waals surface area contributed by atoms with E-state index in [4.69, 9.17) is 0 Å². The lowest BCUT2D eigenvalue weighted by Crippen LogP contribution is -2.37. The van der Waals surface area contributed by atoms with Gasteiger partial charge in [-0.2, -0.15) is 0 Å². The Morgan fingerprint density at radius 3 is 1.55 bits per heavy atom. The molecule has 0 N–H and O–H groups in total. The number of hydrogen-bond donors (Lipinski definition) is 0. The third-order valence-electron chi connectivity index (χ3n) is 9.30. The molecule has 6 aliphatic carbocycles. The van der Waals surface area contributed by atoms with Gasteiger partial charge >= 0.3 is 0 Å². The molecule has 0 spiro atoms. The zero-order valence-electron chi connectivity index (χ0n) is 12.8. The average molecular weight is 270 g/mol. The lowest BCUT2D eigenvalue weighted by Gasteiger charge is -2.44. The van der Waals surface area contributed by atoms with E-state index in [1.165, 1.54) is 59.2 Å². The minimum atomic E-state index is 1.19. The normalized spacial score (nSPS) is 66.0. The molecule has 0 nitrogen and oxygen atoms in total. The van der Waals surface area contributed by atoms with Crippen molar-refractivity contribution < 1.29 is 0 Å². The van der Waals surface area contributed by atoms with E-state index in [9.17, 15) is 0 Å². The summed E-state index contributed by atoms with van der Waals surface area (Å²) in [4.78, 5) is 0. The van der Waals surface area contributed by atoms with E-state index in [0.29, 0.717) is 0 Å². The van der Waals surface area contributed by atoms with Gasteiger partial charge in [-0.25, -0.2) is 0 Å². The second kappa shape index (κ2) is 3.85. The minimum absolute atomic E-state index is 1.19. The Balaban J connectivity index is 1.37. The van der Waals surface area contributed by atoms with Crippen molar-refractivity contribution in [3.63, 3.8) is 0 Å².